The molecule has 0 bridgehead atoms. The molecule has 8 heteroatoms. The second kappa shape index (κ2) is 5.98. The fraction of sp³-hybridized carbons (Fsp3) is 0.538. The van der Waals surface area contributed by atoms with E-state index < -0.39 is 33.4 Å². The van der Waals surface area contributed by atoms with Crippen molar-refractivity contribution < 1.29 is 13.2 Å². The van der Waals surface area contributed by atoms with Crippen LogP contribution in [0.2, 0.25) is 0 Å². The van der Waals surface area contributed by atoms with Crippen molar-refractivity contribution in [3.8, 4) is 0 Å². The maximum Gasteiger partial charge on any atom is 0.330 e. The van der Waals surface area contributed by atoms with Gasteiger partial charge in [0.2, 0.25) is 0 Å². The summed E-state index contributed by atoms with van der Waals surface area (Å²) < 4.78 is 30.3. The highest BCUT2D eigenvalue weighted by molar-refractivity contribution is 7.91. The molecule has 1 aromatic rings. The number of nitrogens with zero attached hydrogens (tertiary/aromatic N) is 1. The van der Waals surface area contributed by atoms with E-state index in [1.54, 1.807) is 26.0 Å². The summed E-state index contributed by atoms with van der Waals surface area (Å²) in [6.45, 7) is 3.38. The molecule has 1 aromatic heterocycles. The van der Waals surface area contributed by atoms with Crippen LogP contribution in [0.3, 0.4) is 0 Å². The van der Waals surface area contributed by atoms with Crippen LogP contribution in [0.4, 0.5) is 0 Å². The summed E-state index contributed by atoms with van der Waals surface area (Å²) in [5, 5.41) is 0. The molecule has 1 aliphatic heterocycles. The van der Waals surface area contributed by atoms with Crippen LogP contribution in [-0.2, 0) is 14.6 Å². The number of aromatic amines is 1. The number of hydrogen-bond acceptors (Lipinski definition) is 5. The number of hydrogen-bond donors (Lipinski definition) is 1. The minimum Gasteiger partial charge on any atom is -0.346 e. The first kappa shape index (κ1) is 15.7. The van der Waals surface area contributed by atoms with Crippen LogP contribution in [0, 0.1) is 6.92 Å². The predicted octanol–water partition coefficient (Wildman–Crippen LogP) is 0.123. The molecule has 0 amide bonds. The zero-order valence-corrected chi connectivity index (χ0v) is 12.7. The Hall–Kier alpha value is -1.67. The van der Waals surface area contributed by atoms with Gasteiger partial charge in [0.1, 0.15) is 0 Å². The Kier molecular flexibility index (Phi) is 4.48. The number of sulfone groups is 1. The van der Waals surface area contributed by atoms with E-state index in [4.69, 9.17) is 4.74 Å². The van der Waals surface area contributed by atoms with Gasteiger partial charge in [-0.1, -0.05) is 13.0 Å². The normalized spacial score (nSPS) is 21.8. The highest BCUT2D eigenvalue weighted by Gasteiger charge is 2.26. The summed E-state index contributed by atoms with van der Waals surface area (Å²) in [6.07, 6.45) is 3.93. The molecular formula is C13H18N2O5S. The number of nitrogens with one attached hydrogen (secondary N) is 1. The predicted molar refractivity (Wildman–Crippen MR) is 78.1 cm³/mol. The van der Waals surface area contributed by atoms with Crippen LogP contribution in [0.5, 0.6) is 0 Å². The molecule has 1 aliphatic rings. The minimum atomic E-state index is -3.17. The number of H-pyrrole nitrogens is 1. The summed E-state index contributed by atoms with van der Waals surface area (Å²) in [5.41, 5.74) is -0.647. The van der Waals surface area contributed by atoms with Crippen molar-refractivity contribution in [3.63, 3.8) is 0 Å². The van der Waals surface area contributed by atoms with E-state index in [2.05, 4.69) is 4.98 Å². The molecule has 7 nitrogen and oxygen atoms in total. The number of ether oxygens (including phenoxy) is 1. The summed E-state index contributed by atoms with van der Waals surface area (Å²) in [4.78, 5) is 25.3. The summed E-state index contributed by atoms with van der Waals surface area (Å²) >= 11 is 0. The Morgan fingerprint density at radius 3 is 2.71 bits per heavy atom. The number of aromatic nitrogens is 2. The van der Waals surface area contributed by atoms with Gasteiger partial charge in [-0.05, 0) is 19.4 Å². The first-order valence-corrected chi connectivity index (χ1v) is 8.51. The Labute approximate surface area is 122 Å². The van der Waals surface area contributed by atoms with E-state index >= 15 is 0 Å². The molecule has 0 saturated carbocycles. The van der Waals surface area contributed by atoms with E-state index in [1.807, 2.05) is 0 Å². The monoisotopic (exact) mass is 314 g/mol. The van der Waals surface area contributed by atoms with E-state index in [-0.39, 0.29) is 11.5 Å². The first-order valence-electron chi connectivity index (χ1n) is 6.68. The van der Waals surface area contributed by atoms with Crippen molar-refractivity contribution >= 4 is 9.84 Å². The fourth-order valence-corrected chi connectivity index (χ4v) is 3.64. The summed E-state index contributed by atoms with van der Waals surface area (Å²) in [7, 11) is -3.17. The molecule has 0 saturated heterocycles. The lowest BCUT2D eigenvalue weighted by Gasteiger charge is -2.16. The van der Waals surface area contributed by atoms with Crippen LogP contribution in [0.15, 0.2) is 27.9 Å². The van der Waals surface area contributed by atoms with E-state index in [0.29, 0.717) is 12.0 Å². The number of aryl methyl sites for hydroxylation is 1. The molecule has 2 rings (SSSR count). The lowest BCUT2D eigenvalue weighted by atomic mass is 10.3. The summed E-state index contributed by atoms with van der Waals surface area (Å²) in [6, 6.07) is 0. The van der Waals surface area contributed by atoms with Crippen molar-refractivity contribution in [2.24, 2.45) is 0 Å². The van der Waals surface area contributed by atoms with Crippen molar-refractivity contribution in [1.82, 2.24) is 9.55 Å². The van der Waals surface area contributed by atoms with Gasteiger partial charge in [0.15, 0.2) is 16.1 Å². The largest absolute Gasteiger partial charge is 0.346 e. The highest BCUT2D eigenvalue weighted by atomic mass is 32.2. The molecular weight excluding hydrogens is 296 g/mol. The second-order valence-corrected chi connectivity index (χ2v) is 7.27. The van der Waals surface area contributed by atoms with Crippen molar-refractivity contribution in [2.45, 2.75) is 32.6 Å². The molecule has 0 radical (unpaired) electrons. The fourth-order valence-electron chi connectivity index (χ4n) is 2.16. The average Bonchev–Trinajstić information content (AvgIpc) is 2.81. The first-order chi connectivity index (χ1) is 9.82. The van der Waals surface area contributed by atoms with Gasteiger partial charge in [0, 0.05) is 11.8 Å². The van der Waals surface area contributed by atoms with Gasteiger partial charge in [0.25, 0.3) is 5.56 Å². The lowest BCUT2D eigenvalue weighted by molar-refractivity contribution is 0.0258. The molecule has 0 aliphatic carbocycles. The standard InChI is InChI=1S/C13H18N2O5S/c1-3-6-21(18,19)8-10-4-5-11(20-10)15-7-9(2)12(16)14-13(15)17/h4-5,7,10-11H,3,6,8H2,1-2H3,(H,14,16,17)/t10-,11+/m0/s1. The smallest absolute Gasteiger partial charge is 0.330 e. The van der Waals surface area contributed by atoms with Gasteiger partial charge < -0.3 is 4.74 Å². The number of rotatable bonds is 5. The quantitative estimate of drug-likeness (QED) is 0.779. The maximum absolute atomic E-state index is 11.8. The van der Waals surface area contributed by atoms with E-state index in [0.717, 1.165) is 0 Å². The van der Waals surface area contributed by atoms with Gasteiger partial charge in [0.05, 0.1) is 17.6 Å². The molecule has 0 spiro atoms. The van der Waals surface area contributed by atoms with Crippen LogP contribution < -0.4 is 11.2 Å². The average molecular weight is 314 g/mol. The van der Waals surface area contributed by atoms with Gasteiger partial charge in [-0.25, -0.2) is 13.2 Å². The van der Waals surface area contributed by atoms with Crippen molar-refractivity contribution in [3.05, 3.63) is 44.8 Å². The molecule has 116 valence electrons. The molecule has 2 atom stereocenters. The van der Waals surface area contributed by atoms with Crippen molar-refractivity contribution in [1.29, 1.82) is 0 Å². The molecule has 0 aromatic carbocycles. The molecule has 0 fully saturated rings. The Morgan fingerprint density at radius 1 is 1.33 bits per heavy atom. The van der Waals surface area contributed by atoms with Gasteiger partial charge >= 0.3 is 5.69 Å². The van der Waals surface area contributed by atoms with Crippen LogP contribution in [0.25, 0.3) is 0 Å². The van der Waals surface area contributed by atoms with Crippen LogP contribution >= 0.6 is 0 Å². The maximum atomic E-state index is 11.8. The lowest BCUT2D eigenvalue weighted by Crippen LogP contribution is -2.34. The third-order valence-corrected chi connectivity index (χ3v) is 5.02. The molecule has 1 N–H and O–H groups in total. The Bertz CT molecular complexity index is 760. The zero-order valence-electron chi connectivity index (χ0n) is 11.9. The Balaban J connectivity index is 2.14. The van der Waals surface area contributed by atoms with Crippen LogP contribution in [0.1, 0.15) is 25.1 Å². The van der Waals surface area contributed by atoms with E-state index in [1.165, 1.54) is 10.8 Å². The molecule has 0 unspecified atom stereocenters. The summed E-state index contributed by atoms with van der Waals surface area (Å²) in [5.74, 6) is 0.00794. The topological polar surface area (TPSA) is 98.2 Å². The minimum absolute atomic E-state index is 0.106. The third-order valence-electron chi connectivity index (χ3n) is 3.16. The van der Waals surface area contributed by atoms with Crippen molar-refractivity contribution in [2.75, 3.05) is 11.5 Å². The SMILES string of the molecule is CCCS(=O)(=O)C[C@@H]1C=C[C@H](n2cc(C)c(=O)[nH]c2=O)O1. The zero-order chi connectivity index (χ0) is 15.6. The van der Waals surface area contributed by atoms with E-state index in [9.17, 15) is 18.0 Å². The second-order valence-electron chi connectivity index (χ2n) is 5.04. The molecule has 2 heterocycles. The van der Waals surface area contributed by atoms with Gasteiger partial charge in [-0.2, -0.15) is 0 Å². The third kappa shape index (κ3) is 3.70. The van der Waals surface area contributed by atoms with Gasteiger partial charge in [-0.15, -0.1) is 0 Å². The highest BCUT2D eigenvalue weighted by Crippen LogP contribution is 2.20. The Morgan fingerprint density at radius 2 is 2.05 bits per heavy atom. The van der Waals surface area contributed by atoms with Gasteiger partial charge in [-0.3, -0.25) is 14.3 Å². The van der Waals surface area contributed by atoms with Crippen LogP contribution in [-0.4, -0.2) is 35.6 Å². The molecule has 21 heavy (non-hydrogen) atoms.